The normalized spacial score (nSPS) is 23.7. The highest BCUT2D eigenvalue weighted by Crippen LogP contribution is 2.51. The zero-order valence-corrected chi connectivity index (χ0v) is 17.3. The van der Waals surface area contributed by atoms with Crippen molar-refractivity contribution in [3.8, 4) is 11.8 Å². The molecule has 29 heavy (non-hydrogen) atoms. The lowest BCUT2D eigenvalue weighted by molar-refractivity contribution is -0.149. The predicted molar refractivity (Wildman–Crippen MR) is 112 cm³/mol. The summed E-state index contributed by atoms with van der Waals surface area (Å²) in [6, 6.07) is 16.6. The topological polar surface area (TPSA) is 73.6 Å². The van der Waals surface area contributed by atoms with Gasteiger partial charge in [-0.15, -0.1) is 11.8 Å². The third-order valence-corrected chi connectivity index (χ3v) is 6.65. The van der Waals surface area contributed by atoms with E-state index in [1.165, 1.54) is 16.7 Å². The highest BCUT2D eigenvalue weighted by Gasteiger charge is 2.51. The van der Waals surface area contributed by atoms with E-state index in [2.05, 4.69) is 6.07 Å². The molecule has 0 unspecified atom stereocenters. The average molecular weight is 427 g/mol. The second-order valence-electron chi connectivity index (χ2n) is 6.93. The smallest absolute Gasteiger partial charge is 0.231 e. The van der Waals surface area contributed by atoms with Crippen molar-refractivity contribution >= 4 is 29.3 Å². The summed E-state index contributed by atoms with van der Waals surface area (Å²) in [6.07, 6.45) is 0.104. The molecule has 2 aromatic carbocycles. The van der Waals surface area contributed by atoms with Crippen molar-refractivity contribution in [3.63, 3.8) is 0 Å². The summed E-state index contributed by atoms with van der Waals surface area (Å²) < 4.78 is 5.46. The molecule has 1 fully saturated rings. The van der Waals surface area contributed by atoms with Gasteiger partial charge in [-0.1, -0.05) is 35.9 Å². The molecule has 0 aliphatic carbocycles. The molecule has 5 nitrogen and oxygen atoms in total. The fourth-order valence-corrected chi connectivity index (χ4v) is 5.39. The monoisotopic (exact) mass is 426 g/mol. The van der Waals surface area contributed by atoms with Crippen molar-refractivity contribution in [3.05, 3.63) is 75.3 Å². The first-order valence-electron chi connectivity index (χ1n) is 9.29. The molecule has 4 rings (SSSR count). The molecule has 0 bridgehead atoms. The zero-order valence-electron chi connectivity index (χ0n) is 15.8. The Bertz CT molecular complexity index is 1030. The molecular weight excluding hydrogens is 408 g/mol. The molecule has 1 amide bonds. The van der Waals surface area contributed by atoms with Crippen LogP contribution < -0.4 is 4.74 Å². The number of benzene rings is 2. The number of carbonyl (C=O) groups excluding carboxylic acids is 1. The summed E-state index contributed by atoms with van der Waals surface area (Å²) >= 11 is 7.44. The predicted octanol–water partition coefficient (Wildman–Crippen LogP) is 4.38. The Balaban J connectivity index is 1.75. The van der Waals surface area contributed by atoms with E-state index in [1.807, 2.05) is 19.1 Å². The Kier molecular flexibility index (Phi) is 5.30. The number of halogens is 1. The van der Waals surface area contributed by atoms with E-state index in [0.29, 0.717) is 33.5 Å². The van der Waals surface area contributed by atoms with E-state index < -0.39 is 5.72 Å². The first kappa shape index (κ1) is 19.8. The van der Waals surface area contributed by atoms with Gasteiger partial charge in [0.05, 0.1) is 29.0 Å². The molecule has 2 atom stereocenters. The number of hydrogen-bond acceptors (Lipinski definition) is 5. The zero-order chi connectivity index (χ0) is 20.6. The molecule has 0 radical (unpaired) electrons. The van der Waals surface area contributed by atoms with Crippen LogP contribution in [0.4, 0.5) is 0 Å². The summed E-state index contributed by atoms with van der Waals surface area (Å²) in [6.45, 7) is 2.45. The second kappa shape index (κ2) is 7.75. The number of aliphatic hydroxyl groups is 1. The first-order chi connectivity index (χ1) is 14.0. The highest BCUT2D eigenvalue weighted by molar-refractivity contribution is 8.03. The summed E-state index contributed by atoms with van der Waals surface area (Å²) in [5.74, 6) is 0.373. The Morgan fingerprint density at radius 3 is 2.76 bits per heavy atom. The van der Waals surface area contributed by atoms with Crippen LogP contribution in [-0.2, 0) is 10.5 Å². The maximum Gasteiger partial charge on any atom is 0.231 e. The number of fused-ring (bicyclic) bond motifs is 1. The standard InChI is InChI=1S/C22H19ClN2O3S/c1-2-28-17-8-6-15(7-9-17)22(27)13-29-21-19(12-24)18(11-20(26)25(21)22)14-4-3-5-16(23)10-14/h3-10,18,27H,2,11,13H2,1H3/t18-,22+/m0/s1. The van der Waals surface area contributed by atoms with E-state index in [9.17, 15) is 15.2 Å². The quantitative estimate of drug-likeness (QED) is 0.785. The molecule has 148 valence electrons. The number of hydrogen-bond donors (Lipinski definition) is 1. The lowest BCUT2D eigenvalue weighted by Crippen LogP contribution is -2.48. The van der Waals surface area contributed by atoms with Crippen molar-refractivity contribution < 1.29 is 14.6 Å². The lowest BCUT2D eigenvalue weighted by atomic mass is 9.85. The van der Waals surface area contributed by atoms with Crippen LogP contribution in [0.25, 0.3) is 0 Å². The largest absolute Gasteiger partial charge is 0.494 e. The van der Waals surface area contributed by atoms with Crippen LogP contribution in [0.3, 0.4) is 0 Å². The number of nitrogens with zero attached hydrogens (tertiary/aromatic N) is 2. The molecule has 2 aliphatic heterocycles. The molecule has 1 N–H and O–H groups in total. The van der Waals surface area contributed by atoms with Gasteiger partial charge < -0.3 is 9.84 Å². The van der Waals surface area contributed by atoms with Crippen molar-refractivity contribution in [2.24, 2.45) is 0 Å². The van der Waals surface area contributed by atoms with Crippen LogP contribution in [0.2, 0.25) is 5.02 Å². The molecule has 0 spiro atoms. The van der Waals surface area contributed by atoms with Crippen LogP contribution >= 0.6 is 23.4 Å². The number of allylic oxidation sites excluding steroid dienone is 1. The van der Waals surface area contributed by atoms with Crippen molar-refractivity contribution in [1.29, 1.82) is 5.26 Å². The van der Waals surface area contributed by atoms with E-state index in [4.69, 9.17) is 16.3 Å². The number of rotatable bonds is 4. The van der Waals surface area contributed by atoms with Gasteiger partial charge in [-0.05, 0) is 36.8 Å². The summed E-state index contributed by atoms with van der Waals surface area (Å²) in [4.78, 5) is 14.5. The molecule has 0 saturated carbocycles. The Morgan fingerprint density at radius 2 is 2.10 bits per heavy atom. The lowest BCUT2D eigenvalue weighted by Gasteiger charge is -2.38. The Hall–Kier alpha value is -2.46. The number of thioether (sulfide) groups is 1. The van der Waals surface area contributed by atoms with E-state index >= 15 is 0 Å². The van der Waals surface area contributed by atoms with Crippen LogP contribution in [0.5, 0.6) is 5.75 Å². The Labute approximate surface area is 178 Å². The maximum atomic E-state index is 13.1. The third-order valence-electron chi connectivity index (χ3n) is 5.19. The van der Waals surface area contributed by atoms with Crippen LogP contribution in [0.15, 0.2) is 59.1 Å². The minimum Gasteiger partial charge on any atom is -0.494 e. The number of amides is 1. The van der Waals surface area contributed by atoms with Crippen LogP contribution in [-0.4, -0.2) is 28.3 Å². The fraction of sp³-hybridized carbons (Fsp3) is 0.273. The molecule has 2 aliphatic rings. The fourth-order valence-electron chi connectivity index (χ4n) is 3.83. The van der Waals surface area contributed by atoms with Crippen molar-refractivity contribution in [2.45, 2.75) is 25.0 Å². The minimum absolute atomic E-state index is 0.104. The minimum atomic E-state index is -1.50. The van der Waals surface area contributed by atoms with Crippen molar-refractivity contribution in [1.82, 2.24) is 4.90 Å². The van der Waals surface area contributed by atoms with Crippen LogP contribution in [0, 0.1) is 11.3 Å². The van der Waals surface area contributed by atoms with Gasteiger partial charge in [0, 0.05) is 22.9 Å². The third kappa shape index (κ3) is 3.40. The van der Waals surface area contributed by atoms with E-state index in [-0.39, 0.29) is 24.0 Å². The van der Waals surface area contributed by atoms with E-state index in [1.54, 1.807) is 36.4 Å². The van der Waals surface area contributed by atoms with Gasteiger partial charge in [0.25, 0.3) is 0 Å². The van der Waals surface area contributed by atoms with Gasteiger partial charge in [0.15, 0.2) is 5.72 Å². The van der Waals surface area contributed by atoms with E-state index in [0.717, 1.165) is 5.56 Å². The van der Waals surface area contributed by atoms with Crippen LogP contribution in [0.1, 0.15) is 30.4 Å². The summed E-state index contributed by atoms with van der Waals surface area (Å²) in [7, 11) is 0. The van der Waals surface area contributed by atoms with Gasteiger partial charge in [-0.25, -0.2) is 0 Å². The average Bonchev–Trinajstić information content (AvgIpc) is 3.08. The highest BCUT2D eigenvalue weighted by atomic mass is 35.5. The second-order valence-corrected chi connectivity index (χ2v) is 8.33. The molecule has 2 heterocycles. The van der Waals surface area contributed by atoms with Gasteiger partial charge >= 0.3 is 0 Å². The molecule has 7 heteroatoms. The number of ether oxygens (including phenoxy) is 1. The van der Waals surface area contributed by atoms with Gasteiger partial charge in [0.1, 0.15) is 5.75 Å². The van der Waals surface area contributed by atoms with Gasteiger partial charge in [-0.3, -0.25) is 9.69 Å². The van der Waals surface area contributed by atoms with Gasteiger partial charge in [-0.2, -0.15) is 5.26 Å². The SMILES string of the molecule is CCOc1ccc([C@]2(O)CSC3=C(C#N)[C@H](c4cccc(Cl)c4)CC(=O)N32)cc1. The van der Waals surface area contributed by atoms with Crippen molar-refractivity contribution in [2.75, 3.05) is 12.4 Å². The summed E-state index contributed by atoms with van der Waals surface area (Å²) in [5, 5.41) is 22.4. The number of nitriles is 1. The number of carbonyl (C=O) groups is 1. The van der Waals surface area contributed by atoms with Gasteiger partial charge in [0.2, 0.25) is 5.91 Å². The molecular formula is C22H19ClN2O3S. The first-order valence-corrected chi connectivity index (χ1v) is 10.7. The molecule has 0 aromatic heterocycles. The summed E-state index contributed by atoms with van der Waals surface area (Å²) in [5.41, 5.74) is 0.407. The maximum absolute atomic E-state index is 13.1. The molecule has 2 aromatic rings. The Morgan fingerprint density at radius 1 is 1.34 bits per heavy atom. The molecule has 1 saturated heterocycles.